The summed E-state index contributed by atoms with van der Waals surface area (Å²) < 4.78 is 0. The molecule has 1 amide bonds. The SMILES string of the molecule is Cc1cc2c(cc1C)C(=O)N(CC1CCCCN(CC(O)CCc3cccc4ccccc34)C1)CC2. The summed E-state index contributed by atoms with van der Waals surface area (Å²) in [6, 6.07) is 19.3. The summed E-state index contributed by atoms with van der Waals surface area (Å²) >= 11 is 0. The number of benzene rings is 3. The van der Waals surface area contributed by atoms with Crippen molar-refractivity contribution in [1.29, 1.82) is 0 Å². The zero-order valence-corrected chi connectivity index (χ0v) is 21.9. The van der Waals surface area contributed by atoms with Crippen LogP contribution in [0.2, 0.25) is 0 Å². The first-order chi connectivity index (χ1) is 17.5. The van der Waals surface area contributed by atoms with Crippen LogP contribution in [0.15, 0.2) is 54.6 Å². The van der Waals surface area contributed by atoms with Crippen LogP contribution in [0, 0.1) is 19.8 Å². The maximum Gasteiger partial charge on any atom is 0.254 e. The van der Waals surface area contributed by atoms with Gasteiger partial charge in [-0.1, -0.05) is 55.0 Å². The van der Waals surface area contributed by atoms with Crippen LogP contribution in [0.5, 0.6) is 0 Å². The minimum atomic E-state index is -0.336. The molecule has 2 heterocycles. The Bertz CT molecular complexity index is 1210. The molecule has 0 saturated carbocycles. The summed E-state index contributed by atoms with van der Waals surface area (Å²) in [7, 11) is 0. The number of carbonyl (C=O) groups excluding carboxylic acids is 1. The highest BCUT2D eigenvalue weighted by Gasteiger charge is 2.29. The number of amides is 1. The number of aliphatic hydroxyl groups is 1. The molecule has 4 heteroatoms. The topological polar surface area (TPSA) is 43.8 Å². The Kier molecular flexibility index (Phi) is 7.73. The number of β-amino-alcohol motifs (C(OH)–C–C–N with tert-alkyl or cyclic N) is 1. The largest absolute Gasteiger partial charge is 0.392 e. The average molecular weight is 485 g/mol. The van der Waals surface area contributed by atoms with E-state index in [9.17, 15) is 9.90 Å². The highest BCUT2D eigenvalue weighted by molar-refractivity contribution is 5.97. The van der Waals surface area contributed by atoms with Gasteiger partial charge in [0.25, 0.3) is 5.91 Å². The second-order valence-corrected chi connectivity index (χ2v) is 11.0. The molecule has 2 aliphatic rings. The number of likely N-dealkylation sites (tertiary alicyclic amines) is 1. The molecule has 1 fully saturated rings. The first-order valence-corrected chi connectivity index (χ1v) is 13.7. The lowest BCUT2D eigenvalue weighted by Crippen LogP contribution is -2.43. The van der Waals surface area contributed by atoms with Gasteiger partial charge in [0.1, 0.15) is 0 Å². The molecule has 1 saturated heterocycles. The fourth-order valence-electron chi connectivity index (χ4n) is 6.15. The van der Waals surface area contributed by atoms with Crippen molar-refractivity contribution in [1.82, 2.24) is 9.80 Å². The first kappa shape index (κ1) is 25.0. The van der Waals surface area contributed by atoms with E-state index in [2.05, 4.69) is 78.2 Å². The Morgan fingerprint density at radius 2 is 1.81 bits per heavy atom. The van der Waals surface area contributed by atoms with E-state index in [1.54, 1.807) is 0 Å². The molecule has 2 unspecified atom stereocenters. The molecule has 5 rings (SSSR count). The van der Waals surface area contributed by atoms with Crippen LogP contribution in [-0.4, -0.2) is 59.6 Å². The van der Waals surface area contributed by atoms with Crippen LogP contribution in [-0.2, 0) is 12.8 Å². The third-order valence-electron chi connectivity index (χ3n) is 8.32. The van der Waals surface area contributed by atoms with Gasteiger partial charge in [-0.3, -0.25) is 4.79 Å². The Labute approximate surface area is 215 Å². The number of aryl methyl sites for hydroxylation is 3. The molecule has 0 aliphatic carbocycles. The van der Waals surface area contributed by atoms with Crippen molar-refractivity contribution in [2.45, 2.75) is 58.5 Å². The molecule has 3 aromatic carbocycles. The van der Waals surface area contributed by atoms with Crippen LogP contribution in [0.25, 0.3) is 10.8 Å². The third-order valence-corrected chi connectivity index (χ3v) is 8.32. The zero-order chi connectivity index (χ0) is 25.1. The van der Waals surface area contributed by atoms with Gasteiger partial charge >= 0.3 is 0 Å². The first-order valence-electron chi connectivity index (χ1n) is 13.7. The lowest BCUT2D eigenvalue weighted by Gasteiger charge is -2.34. The average Bonchev–Trinajstić information content (AvgIpc) is 3.10. The van der Waals surface area contributed by atoms with E-state index in [1.165, 1.54) is 45.9 Å². The van der Waals surface area contributed by atoms with Crippen molar-refractivity contribution in [3.05, 3.63) is 82.4 Å². The quantitative estimate of drug-likeness (QED) is 0.478. The van der Waals surface area contributed by atoms with Crippen molar-refractivity contribution >= 4 is 16.7 Å². The molecule has 2 atom stereocenters. The number of aliphatic hydroxyl groups excluding tert-OH is 1. The Morgan fingerprint density at radius 3 is 2.69 bits per heavy atom. The fraction of sp³-hybridized carbons (Fsp3) is 0.469. The molecule has 1 N–H and O–H groups in total. The Hall–Kier alpha value is -2.69. The summed E-state index contributed by atoms with van der Waals surface area (Å²) in [6.45, 7) is 8.59. The van der Waals surface area contributed by atoms with Gasteiger partial charge in [-0.15, -0.1) is 0 Å². The minimum Gasteiger partial charge on any atom is -0.392 e. The standard InChI is InChI=1S/C32H40N2O2/c1-23-18-28-15-17-34(32(36)31(28)19-24(23)2)21-25-8-5-6-16-33(20-25)22-29(35)14-13-27-11-7-10-26-9-3-4-12-30(26)27/h3-4,7,9-12,18-19,25,29,35H,5-6,8,13-17,20-22H2,1-2H3. The molecule has 0 aromatic heterocycles. The molecule has 0 radical (unpaired) electrons. The number of carbonyl (C=O) groups is 1. The van der Waals surface area contributed by atoms with Crippen LogP contribution in [0.4, 0.5) is 0 Å². The van der Waals surface area contributed by atoms with E-state index in [-0.39, 0.29) is 12.0 Å². The predicted octanol–water partition coefficient (Wildman–Crippen LogP) is 5.55. The van der Waals surface area contributed by atoms with Gasteiger partial charge in [-0.05, 0) is 97.5 Å². The van der Waals surface area contributed by atoms with E-state index in [1.807, 2.05) is 0 Å². The van der Waals surface area contributed by atoms with Gasteiger partial charge in [0, 0.05) is 31.7 Å². The second kappa shape index (κ2) is 11.1. The van der Waals surface area contributed by atoms with E-state index in [0.717, 1.165) is 64.0 Å². The number of nitrogens with zero attached hydrogens (tertiary/aromatic N) is 2. The van der Waals surface area contributed by atoms with Crippen molar-refractivity contribution < 1.29 is 9.90 Å². The number of hydrogen-bond donors (Lipinski definition) is 1. The van der Waals surface area contributed by atoms with Crippen molar-refractivity contribution in [2.75, 3.05) is 32.7 Å². The minimum absolute atomic E-state index is 0.199. The van der Waals surface area contributed by atoms with Gasteiger partial charge in [0.2, 0.25) is 0 Å². The molecular weight excluding hydrogens is 444 g/mol. The number of rotatable bonds is 7. The van der Waals surface area contributed by atoms with Gasteiger partial charge in [-0.25, -0.2) is 0 Å². The summed E-state index contributed by atoms with van der Waals surface area (Å²) in [5.74, 6) is 0.667. The fourth-order valence-corrected chi connectivity index (χ4v) is 6.15. The Morgan fingerprint density at radius 1 is 1.00 bits per heavy atom. The van der Waals surface area contributed by atoms with Crippen LogP contribution in [0.3, 0.4) is 0 Å². The van der Waals surface area contributed by atoms with Gasteiger partial charge < -0.3 is 14.9 Å². The van der Waals surface area contributed by atoms with Crippen molar-refractivity contribution in [2.24, 2.45) is 5.92 Å². The molecule has 190 valence electrons. The summed E-state index contributed by atoms with van der Waals surface area (Å²) in [4.78, 5) is 17.8. The molecule has 2 aliphatic heterocycles. The molecule has 0 bridgehead atoms. The summed E-state index contributed by atoms with van der Waals surface area (Å²) in [5.41, 5.74) is 5.89. The van der Waals surface area contributed by atoms with E-state index in [0.29, 0.717) is 5.92 Å². The zero-order valence-electron chi connectivity index (χ0n) is 21.9. The summed E-state index contributed by atoms with van der Waals surface area (Å²) in [6.07, 6.45) is 5.80. The highest BCUT2D eigenvalue weighted by atomic mass is 16.3. The number of fused-ring (bicyclic) bond motifs is 2. The maximum absolute atomic E-state index is 13.3. The van der Waals surface area contributed by atoms with Gasteiger partial charge in [0.05, 0.1) is 6.10 Å². The van der Waals surface area contributed by atoms with Crippen LogP contribution >= 0.6 is 0 Å². The summed E-state index contributed by atoms with van der Waals surface area (Å²) in [5, 5.41) is 13.5. The molecule has 36 heavy (non-hydrogen) atoms. The normalized spacial score (nSPS) is 19.8. The van der Waals surface area contributed by atoms with Crippen LogP contribution < -0.4 is 0 Å². The van der Waals surface area contributed by atoms with E-state index in [4.69, 9.17) is 0 Å². The molecular formula is C32H40N2O2. The smallest absolute Gasteiger partial charge is 0.254 e. The molecule has 4 nitrogen and oxygen atoms in total. The van der Waals surface area contributed by atoms with Gasteiger partial charge in [-0.2, -0.15) is 0 Å². The molecule has 0 spiro atoms. The second-order valence-electron chi connectivity index (χ2n) is 11.0. The predicted molar refractivity (Wildman–Crippen MR) is 148 cm³/mol. The molecule has 3 aromatic rings. The highest BCUT2D eigenvalue weighted by Crippen LogP contribution is 2.26. The lowest BCUT2D eigenvalue weighted by molar-refractivity contribution is 0.0668. The van der Waals surface area contributed by atoms with E-state index < -0.39 is 0 Å². The number of hydrogen-bond acceptors (Lipinski definition) is 3. The monoisotopic (exact) mass is 484 g/mol. The Balaban J connectivity index is 1.17. The van der Waals surface area contributed by atoms with Crippen molar-refractivity contribution in [3.63, 3.8) is 0 Å². The van der Waals surface area contributed by atoms with E-state index >= 15 is 0 Å². The van der Waals surface area contributed by atoms with Crippen molar-refractivity contribution in [3.8, 4) is 0 Å². The van der Waals surface area contributed by atoms with Crippen LogP contribution in [0.1, 0.15) is 58.3 Å². The van der Waals surface area contributed by atoms with Gasteiger partial charge in [0.15, 0.2) is 0 Å². The third kappa shape index (κ3) is 5.66. The lowest BCUT2D eigenvalue weighted by atomic mass is 9.93. The maximum atomic E-state index is 13.3.